The van der Waals surface area contributed by atoms with E-state index in [-0.39, 0.29) is 18.5 Å². The summed E-state index contributed by atoms with van der Waals surface area (Å²) in [5.41, 5.74) is 3.02. The molecule has 0 N–H and O–H groups in total. The van der Waals surface area contributed by atoms with Crippen molar-refractivity contribution in [2.45, 2.75) is 25.6 Å². The number of carbonyl (C=O) groups is 1. The molecule has 2 aromatic rings. The fourth-order valence-corrected chi connectivity index (χ4v) is 4.45. The number of thiophene rings is 1. The van der Waals surface area contributed by atoms with Crippen LogP contribution in [-0.2, 0) is 11.3 Å². The lowest BCUT2D eigenvalue weighted by Crippen LogP contribution is -2.37. The molecule has 25 heavy (non-hydrogen) atoms. The topological polar surface area (TPSA) is 20.3 Å². The molecule has 1 amide bonds. The van der Waals surface area contributed by atoms with Crippen LogP contribution in [0, 0.1) is 6.92 Å². The highest BCUT2D eigenvalue weighted by molar-refractivity contribution is 7.16. The molecule has 0 unspecified atom stereocenters. The zero-order valence-corrected chi connectivity index (χ0v) is 14.9. The first-order valence-corrected chi connectivity index (χ1v) is 8.82. The zero-order chi connectivity index (χ0) is 18.2. The SMILES string of the molecule is Cc1ccccc1[C@H]1CN(C(=O)/C=C/C(F)(F)F)Cc2cc(Cl)sc21. The number of amides is 1. The molecule has 0 saturated heterocycles. The van der Waals surface area contributed by atoms with E-state index >= 15 is 0 Å². The Morgan fingerprint density at radius 1 is 1.36 bits per heavy atom. The third kappa shape index (κ3) is 4.07. The third-order valence-electron chi connectivity index (χ3n) is 4.18. The summed E-state index contributed by atoms with van der Waals surface area (Å²) in [6.07, 6.45) is -3.93. The van der Waals surface area contributed by atoms with Gasteiger partial charge in [-0.15, -0.1) is 11.3 Å². The summed E-state index contributed by atoms with van der Waals surface area (Å²) < 4.78 is 37.7. The second-order valence-corrected chi connectivity index (χ2v) is 7.66. The Kier molecular flexibility index (Phi) is 4.93. The van der Waals surface area contributed by atoms with E-state index in [1.807, 2.05) is 31.2 Å². The van der Waals surface area contributed by atoms with Crippen LogP contribution in [0.1, 0.15) is 27.5 Å². The number of hydrogen-bond donors (Lipinski definition) is 0. The maximum Gasteiger partial charge on any atom is 0.409 e. The number of alkyl halides is 3. The summed E-state index contributed by atoms with van der Waals surface area (Å²) in [6, 6.07) is 9.60. The van der Waals surface area contributed by atoms with E-state index in [0.29, 0.717) is 17.0 Å². The Morgan fingerprint density at radius 2 is 2.08 bits per heavy atom. The number of aryl methyl sites for hydroxylation is 1. The molecule has 0 saturated carbocycles. The summed E-state index contributed by atoms with van der Waals surface area (Å²) in [5.74, 6) is -0.741. The van der Waals surface area contributed by atoms with Gasteiger partial charge in [-0.1, -0.05) is 35.9 Å². The summed E-state index contributed by atoms with van der Waals surface area (Å²) in [7, 11) is 0. The molecule has 1 aromatic heterocycles. The molecule has 2 heterocycles. The van der Waals surface area contributed by atoms with Gasteiger partial charge >= 0.3 is 6.18 Å². The van der Waals surface area contributed by atoms with E-state index in [1.165, 1.54) is 16.2 Å². The van der Waals surface area contributed by atoms with Gasteiger partial charge in [-0.05, 0) is 29.7 Å². The van der Waals surface area contributed by atoms with Crippen LogP contribution in [0.15, 0.2) is 42.5 Å². The van der Waals surface area contributed by atoms with Crippen LogP contribution in [0.3, 0.4) is 0 Å². The van der Waals surface area contributed by atoms with Gasteiger partial charge in [0, 0.05) is 36.0 Å². The van der Waals surface area contributed by atoms with Gasteiger partial charge in [0.15, 0.2) is 0 Å². The molecule has 0 aliphatic carbocycles. The van der Waals surface area contributed by atoms with Gasteiger partial charge in [0.05, 0.1) is 4.34 Å². The average molecular weight is 386 g/mol. The van der Waals surface area contributed by atoms with Gasteiger partial charge in [0.1, 0.15) is 0 Å². The number of nitrogens with zero attached hydrogens (tertiary/aromatic N) is 1. The number of allylic oxidation sites excluding steroid dienone is 1. The van der Waals surface area contributed by atoms with Crippen LogP contribution in [0.2, 0.25) is 4.34 Å². The van der Waals surface area contributed by atoms with Crippen LogP contribution >= 0.6 is 22.9 Å². The van der Waals surface area contributed by atoms with Gasteiger partial charge in [-0.3, -0.25) is 4.79 Å². The number of halogens is 4. The Balaban J connectivity index is 1.95. The van der Waals surface area contributed by atoms with Crippen molar-refractivity contribution in [3.05, 3.63) is 68.4 Å². The van der Waals surface area contributed by atoms with Crippen LogP contribution in [0.5, 0.6) is 0 Å². The molecule has 0 spiro atoms. The summed E-state index contributed by atoms with van der Waals surface area (Å²) >= 11 is 7.61. The Bertz CT molecular complexity index is 828. The number of carbonyl (C=O) groups excluding carboxylic acids is 1. The van der Waals surface area contributed by atoms with E-state index in [1.54, 1.807) is 6.07 Å². The average Bonchev–Trinajstić information content (AvgIpc) is 2.91. The minimum Gasteiger partial charge on any atom is -0.334 e. The molecule has 1 aromatic carbocycles. The lowest BCUT2D eigenvalue weighted by Gasteiger charge is -2.33. The molecule has 1 aliphatic rings. The molecule has 0 bridgehead atoms. The number of hydrogen-bond acceptors (Lipinski definition) is 2. The first kappa shape index (κ1) is 18.0. The Hall–Kier alpha value is -1.79. The van der Waals surface area contributed by atoms with Crippen molar-refractivity contribution < 1.29 is 18.0 Å². The largest absolute Gasteiger partial charge is 0.409 e. The van der Waals surface area contributed by atoms with E-state index in [0.717, 1.165) is 21.6 Å². The van der Waals surface area contributed by atoms with Gasteiger partial charge in [-0.25, -0.2) is 0 Å². The molecular weight excluding hydrogens is 371 g/mol. The van der Waals surface area contributed by atoms with E-state index in [4.69, 9.17) is 11.6 Å². The van der Waals surface area contributed by atoms with Crippen molar-refractivity contribution in [1.82, 2.24) is 4.90 Å². The molecule has 132 valence electrons. The smallest absolute Gasteiger partial charge is 0.334 e. The van der Waals surface area contributed by atoms with E-state index in [2.05, 4.69) is 0 Å². The van der Waals surface area contributed by atoms with Crippen molar-refractivity contribution in [3.63, 3.8) is 0 Å². The highest BCUT2D eigenvalue weighted by Crippen LogP contribution is 2.41. The van der Waals surface area contributed by atoms with Crippen LogP contribution < -0.4 is 0 Å². The normalized spacial score (nSPS) is 17.8. The lowest BCUT2D eigenvalue weighted by atomic mass is 9.88. The van der Waals surface area contributed by atoms with Crippen LogP contribution in [0.4, 0.5) is 13.2 Å². The molecule has 3 rings (SSSR count). The van der Waals surface area contributed by atoms with Crippen LogP contribution in [0.25, 0.3) is 0 Å². The fraction of sp³-hybridized carbons (Fsp3) is 0.278. The van der Waals surface area contributed by atoms with Crippen molar-refractivity contribution in [1.29, 1.82) is 0 Å². The molecule has 1 atom stereocenters. The Morgan fingerprint density at radius 3 is 2.76 bits per heavy atom. The summed E-state index contributed by atoms with van der Waals surface area (Å²) in [5, 5.41) is 0. The summed E-state index contributed by atoms with van der Waals surface area (Å²) in [6.45, 7) is 2.58. The third-order valence-corrected chi connectivity index (χ3v) is 5.60. The molecule has 1 aliphatic heterocycles. The predicted molar refractivity (Wildman–Crippen MR) is 93.0 cm³/mol. The maximum atomic E-state index is 12.3. The first-order valence-electron chi connectivity index (χ1n) is 7.63. The number of fused-ring (bicyclic) bond motifs is 1. The lowest BCUT2D eigenvalue weighted by molar-refractivity contribution is -0.127. The standard InChI is InChI=1S/C18H15ClF3NOS/c1-11-4-2-3-5-13(11)14-10-23(16(24)6-7-18(20,21)22)9-12-8-15(19)25-17(12)14/h2-8,14H,9-10H2,1H3/b7-6+/t14-/m1/s1. The second-order valence-electron chi connectivity index (χ2n) is 5.94. The van der Waals surface area contributed by atoms with Gasteiger partial charge in [0.2, 0.25) is 5.91 Å². The van der Waals surface area contributed by atoms with E-state index in [9.17, 15) is 18.0 Å². The predicted octanol–water partition coefficient (Wildman–Crippen LogP) is 5.30. The minimum absolute atomic E-state index is 0.0196. The second kappa shape index (κ2) is 6.84. The van der Waals surface area contributed by atoms with E-state index < -0.39 is 12.1 Å². The van der Waals surface area contributed by atoms with Crippen molar-refractivity contribution in [3.8, 4) is 0 Å². The molecule has 2 nitrogen and oxygen atoms in total. The highest BCUT2D eigenvalue weighted by atomic mass is 35.5. The quantitative estimate of drug-likeness (QED) is 0.642. The monoisotopic (exact) mass is 385 g/mol. The zero-order valence-electron chi connectivity index (χ0n) is 13.3. The molecule has 0 radical (unpaired) electrons. The Labute approximate surface area is 152 Å². The van der Waals surface area contributed by atoms with Crippen molar-refractivity contribution in [2.75, 3.05) is 6.54 Å². The summed E-state index contributed by atoms with van der Waals surface area (Å²) in [4.78, 5) is 14.7. The molecule has 7 heteroatoms. The van der Waals surface area contributed by atoms with Crippen molar-refractivity contribution in [2.24, 2.45) is 0 Å². The first-order chi connectivity index (χ1) is 11.7. The minimum atomic E-state index is -4.50. The molecular formula is C18H15ClF3NOS. The van der Waals surface area contributed by atoms with Crippen LogP contribution in [-0.4, -0.2) is 23.5 Å². The number of rotatable bonds is 2. The maximum absolute atomic E-state index is 12.3. The van der Waals surface area contributed by atoms with Gasteiger partial charge < -0.3 is 4.90 Å². The van der Waals surface area contributed by atoms with Gasteiger partial charge in [-0.2, -0.15) is 13.2 Å². The van der Waals surface area contributed by atoms with Crippen molar-refractivity contribution >= 4 is 28.8 Å². The fourth-order valence-electron chi connectivity index (χ4n) is 3.06. The molecule has 0 fully saturated rings. The van der Waals surface area contributed by atoms with Gasteiger partial charge in [0.25, 0.3) is 0 Å². The number of benzene rings is 1. The highest BCUT2D eigenvalue weighted by Gasteiger charge is 2.32.